The number of ether oxygens (including phenoxy) is 1. The Morgan fingerprint density at radius 3 is 2.35 bits per heavy atom. The van der Waals surface area contributed by atoms with E-state index in [-0.39, 0.29) is 5.41 Å². The van der Waals surface area contributed by atoms with Crippen LogP contribution < -0.4 is 4.74 Å². The highest BCUT2D eigenvalue weighted by Crippen LogP contribution is 2.33. The van der Waals surface area contributed by atoms with Gasteiger partial charge in [0.15, 0.2) is 5.82 Å². The summed E-state index contributed by atoms with van der Waals surface area (Å²) >= 11 is 9.60. The molecule has 2 aromatic rings. The first-order valence-electron chi connectivity index (χ1n) is 5.94. The van der Waals surface area contributed by atoms with Crippen molar-refractivity contribution in [2.45, 2.75) is 26.2 Å². The Balaban J connectivity index is 2.54. The molecule has 7 heteroatoms. The lowest BCUT2D eigenvalue weighted by molar-refractivity contribution is 0.392. The van der Waals surface area contributed by atoms with Crippen LogP contribution in [0.25, 0.3) is 11.5 Å². The van der Waals surface area contributed by atoms with E-state index in [0.29, 0.717) is 27.0 Å². The van der Waals surface area contributed by atoms with Gasteiger partial charge in [-0.2, -0.15) is 0 Å². The monoisotopic (exact) mass is 356 g/mol. The predicted molar refractivity (Wildman–Crippen MR) is 81.0 cm³/mol. The van der Waals surface area contributed by atoms with Crippen LogP contribution in [-0.2, 0) is 5.41 Å². The minimum absolute atomic E-state index is 0.167. The van der Waals surface area contributed by atoms with Gasteiger partial charge in [0.05, 0.1) is 17.3 Å². The van der Waals surface area contributed by atoms with Gasteiger partial charge in [0.25, 0.3) is 0 Å². The minimum atomic E-state index is -0.167. The third-order valence-electron chi connectivity index (χ3n) is 2.60. The van der Waals surface area contributed by atoms with Gasteiger partial charge in [0, 0.05) is 11.5 Å². The molecule has 0 bridgehead atoms. The van der Waals surface area contributed by atoms with Gasteiger partial charge in [-0.25, -0.2) is 9.97 Å². The normalized spacial score (nSPS) is 11.5. The highest BCUT2D eigenvalue weighted by atomic mass is 79.9. The third-order valence-corrected chi connectivity index (χ3v) is 3.85. The van der Waals surface area contributed by atoms with Gasteiger partial charge in [0.2, 0.25) is 5.88 Å². The van der Waals surface area contributed by atoms with Crippen LogP contribution in [0.15, 0.2) is 16.6 Å². The zero-order valence-electron chi connectivity index (χ0n) is 11.6. The molecule has 0 aromatic carbocycles. The molecule has 5 nitrogen and oxygen atoms in total. The Morgan fingerprint density at radius 1 is 1.15 bits per heavy atom. The van der Waals surface area contributed by atoms with Crippen LogP contribution in [0.1, 0.15) is 26.5 Å². The molecular weight excluding hydrogens is 344 g/mol. The first kappa shape index (κ1) is 15.1. The van der Waals surface area contributed by atoms with Crippen molar-refractivity contribution in [1.82, 2.24) is 20.2 Å². The molecule has 0 radical (unpaired) electrons. The minimum Gasteiger partial charge on any atom is -0.480 e. The summed E-state index contributed by atoms with van der Waals surface area (Å²) in [5, 5.41) is 8.31. The highest BCUT2D eigenvalue weighted by Gasteiger charge is 2.23. The van der Waals surface area contributed by atoms with Crippen molar-refractivity contribution in [1.29, 1.82) is 0 Å². The summed E-state index contributed by atoms with van der Waals surface area (Å²) in [5.74, 6) is 0.881. The largest absolute Gasteiger partial charge is 0.480 e. The van der Waals surface area contributed by atoms with Gasteiger partial charge in [-0.3, -0.25) is 0 Å². The number of hydrogen-bond donors (Lipinski definition) is 0. The SMILES string of the molecule is COc1ccc(-c2nc(Cl)c(Br)c(C(C)(C)C)n2)nn1. The first-order chi connectivity index (χ1) is 9.32. The van der Waals surface area contributed by atoms with Crippen LogP contribution in [0.3, 0.4) is 0 Å². The van der Waals surface area contributed by atoms with Gasteiger partial charge in [-0.05, 0) is 22.0 Å². The average Bonchev–Trinajstić information content (AvgIpc) is 2.40. The van der Waals surface area contributed by atoms with Crippen molar-refractivity contribution < 1.29 is 4.74 Å². The van der Waals surface area contributed by atoms with E-state index >= 15 is 0 Å². The second-order valence-electron chi connectivity index (χ2n) is 5.21. The van der Waals surface area contributed by atoms with Crippen LogP contribution in [0.4, 0.5) is 0 Å². The molecule has 0 aliphatic heterocycles. The van der Waals surface area contributed by atoms with Crippen LogP contribution in [0.2, 0.25) is 5.15 Å². The molecular formula is C13H14BrClN4O. The zero-order valence-corrected chi connectivity index (χ0v) is 13.9. The molecule has 20 heavy (non-hydrogen) atoms. The average molecular weight is 358 g/mol. The maximum atomic E-state index is 6.16. The van der Waals surface area contributed by atoms with Gasteiger partial charge in [-0.1, -0.05) is 32.4 Å². The topological polar surface area (TPSA) is 60.8 Å². The van der Waals surface area contributed by atoms with Crippen molar-refractivity contribution in [3.63, 3.8) is 0 Å². The van der Waals surface area contributed by atoms with E-state index in [9.17, 15) is 0 Å². The number of methoxy groups -OCH3 is 1. The Kier molecular flexibility index (Phi) is 4.25. The molecule has 0 saturated carbocycles. The van der Waals surface area contributed by atoms with Crippen molar-refractivity contribution >= 4 is 27.5 Å². The summed E-state index contributed by atoms with van der Waals surface area (Å²) in [6.45, 7) is 6.17. The van der Waals surface area contributed by atoms with Gasteiger partial charge >= 0.3 is 0 Å². The van der Waals surface area contributed by atoms with Crippen molar-refractivity contribution in [2.75, 3.05) is 7.11 Å². The first-order valence-corrected chi connectivity index (χ1v) is 7.11. The lowest BCUT2D eigenvalue weighted by atomic mass is 9.92. The fourth-order valence-corrected chi connectivity index (χ4v) is 2.52. The molecule has 0 amide bonds. The smallest absolute Gasteiger partial charge is 0.233 e. The van der Waals surface area contributed by atoms with Crippen molar-refractivity contribution in [3.05, 3.63) is 27.5 Å². The van der Waals surface area contributed by atoms with Crippen molar-refractivity contribution in [3.8, 4) is 17.4 Å². The maximum absolute atomic E-state index is 6.16. The van der Waals surface area contributed by atoms with Crippen LogP contribution in [0, 0.1) is 0 Å². The summed E-state index contributed by atoms with van der Waals surface area (Å²) in [4.78, 5) is 8.78. The quantitative estimate of drug-likeness (QED) is 0.768. The lowest BCUT2D eigenvalue weighted by Crippen LogP contribution is -2.16. The van der Waals surface area contributed by atoms with E-state index in [1.54, 1.807) is 12.1 Å². The van der Waals surface area contributed by atoms with E-state index in [1.165, 1.54) is 7.11 Å². The molecule has 0 atom stereocenters. The Labute approximate surface area is 130 Å². The number of rotatable bonds is 2. The third kappa shape index (κ3) is 3.07. The molecule has 0 fully saturated rings. The van der Waals surface area contributed by atoms with Gasteiger partial charge in [0.1, 0.15) is 10.8 Å². The molecule has 2 heterocycles. The molecule has 0 saturated heterocycles. The summed E-state index contributed by atoms with van der Waals surface area (Å²) in [6, 6.07) is 3.45. The molecule has 0 spiro atoms. The highest BCUT2D eigenvalue weighted by molar-refractivity contribution is 9.10. The van der Waals surface area contributed by atoms with E-state index in [0.717, 1.165) is 5.69 Å². The van der Waals surface area contributed by atoms with Gasteiger partial charge < -0.3 is 4.74 Å². The predicted octanol–water partition coefficient (Wildman–Crippen LogP) is 3.66. The Hall–Kier alpha value is -1.27. The molecule has 0 N–H and O–H groups in total. The lowest BCUT2D eigenvalue weighted by Gasteiger charge is -2.20. The van der Waals surface area contributed by atoms with E-state index in [4.69, 9.17) is 16.3 Å². The van der Waals surface area contributed by atoms with Crippen LogP contribution in [-0.4, -0.2) is 27.3 Å². The molecule has 2 aromatic heterocycles. The zero-order chi connectivity index (χ0) is 14.9. The molecule has 0 aliphatic carbocycles. The summed E-state index contributed by atoms with van der Waals surface area (Å²) < 4.78 is 5.68. The maximum Gasteiger partial charge on any atom is 0.233 e. The van der Waals surface area contributed by atoms with Crippen LogP contribution in [0.5, 0.6) is 5.88 Å². The molecule has 0 aliphatic rings. The summed E-state index contributed by atoms with van der Waals surface area (Å²) in [5.41, 5.74) is 1.20. The number of halogens is 2. The number of hydrogen-bond acceptors (Lipinski definition) is 5. The fraction of sp³-hybridized carbons (Fsp3) is 0.385. The summed E-state index contributed by atoms with van der Waals surface area (Å²) in [6.07, 6.45) is 0. The second kappa shape index (κ2) is 5.61. The standard InChI is InChI=1S/C13H14BrClN4O/c1-13(2,3)10-9(14)11(15)17-12(16-10)7-5-6-8(20-4)19-18-7/h5-6H,1-4H3. The van der Waals surface area contributed by atoms with Crippen molar-refractivity contribution in [2.24, 2.45) is 0 Å². The number of nitrogens with zero attached hydrogens (tertiary/aromatic N) is 4. The number of aromatic nitrogens is 4. The fourth-order valence-electron chi connectivity index (χ4n) is 1.58. The Morgan fingerprint density at radius 2 is 1.85 bits per heavy atom. The molecule has 2 rings (SSSR count). The molecule has 106 valence electrons. The van der Waals surface area contributed by atoms with E-state index in [1.807, 2.05) is 0 Å². The Bertz CT molecular complexity index is 626. The second-order valence-corrected chi connectivity index (χ2v) is 6.36. The van der Waals surface area contributed by atoms with Crippen LogP contribution >= 0.6 is 27.5 Å². The molecule has 0 unspecified atom stereocenters. The van der Waals surface area contributed by atoms with Gasteiger partial charge in [-0.15, -0.1) is 10.2 Å². The summed E-state index contributed by atoms with van der Waals surface area (Å²) in [7, 11) is 1.54. The van der Waals surface area contributed by atoms with E-state index < -0.39 is 0 Å². The van der Waals surface area contributed by atoms with E-state index in [2.05, 4.69) is 56.9 Å².